The van der Waals surface area contributed by atoms with E-state index >= 15 is 8.78 Å². The van der Waals surface area contributed by atoms with Crippen LogP contribution >= 0.6 is 0 Å². The third kappa shape index (κ3) is 7.63. The van der Waals surface area contributed by atoms with Gasteiger partial charge >= 0.3 is 0 Å². The van der Waals surface area contributed by atoms with Gasteiger partial charge in [-0.05, 0) is 53.4 Å². The molecule has 11 heteroatoms. The van der Waals surface area contributed by atoms with E-state index in [9.17, 15) is 10.1 Å². The van der Waals surface area contributed by atoms with Gasteiger partial charge in [0.25, 0.3) is 0 Å². The molecule has 1 aliphatic heterocycles. The van der Waals surface area contributed by atoms with Crippen LogP contribution < -0.4 is 9.47 Å². The molecule has 2 aromatic heterocycles. The van der Waals surface area contributed by atoms with Gasteiger partial charge in [-0.2, -0.15) is 5.26 Å². The molecule has 1 unspecified atom stereocenters. The number of nitriles is 1. The fraction of sp³-hybridized carbons (Fsp3) is 0.400. The van der Waals surface area contributed by atoms with Gasteiger partial charge in [-0.25, -0.2) is 13.8 Å². The number of nitrogens with zero attached hydrogens (tertiary/aromatic N) is 3. The van der Waals surface area contributed by atoms with Crippen molar-refractivity contribution in [3.8, 4) is 34.4 Å². The largest absolute Gasteiger partial charge is 0.495 e. The molecule has 46 heavy (non-hydrogen) atoms. The molecule has 3 heterocycles. The van der Waals surface area contributed by atoms with E-state index in [0.29, 0.717) is 65.6 Å². The van der Waals surface area contributed by atoms with Gasteiger partial charge < -0.3 is 23.5 Å². The summed E-state index contributed by atoms with van der Waals surface area (Å²) in [5.74, 6) is -1.42. The molecule has 242 valence electrons. The predicted octanol–water partition coefficient (Wildman–Crippen LogP) is 7.75. The maximum Gasteiger partial charge on any atom is 0.198 e. The van der Waals surface area contributed by atoms with E-state index in [1.165, 1.54) is 13.3 Å². The third-order valence-corrected chi connectivity index (χ3v) is 9.97. The molecule has 1 aliphatic rings. The summed E-state index contributed by atoms with van der Waals surface area (Å²) in [6.45, 7) is 10.9. The number of carbonyl (C=O) groups is 1. The molecular formula is C35H39F2N3O5Si. The van der Waals surface area contributed by atoms with Crippen LogP contribution in [0.3, 0.4) is 0 Å². The minimum atomic E-state index is -1.31. The van der Waals surface area contributed by atoms with E-state index < -0.39 is 25.5 Å². The number of hydrogen-bond donors (Lipinski definition) is 0. The van der Waals surface area contributed by atoms with Gasteiger partial charge in [-0.3, -0.25) is 4.79 Å². The highest BCUT2D eigenvalue weighted by atomic mass is 28.3. The molecule has 0 bridgehead atoms. The van der Waals surface area contributed by atoms with Crippen molar-refractivity contribution >= 4 is 24.9 Å². The van der Waals surface area contributed by atoms with E-state index in [1.807, 2.05) is 17.7 Å². The molecule has 5 rings (SSSR count). The van der Waals surface area contributed by atoms with Gasteiger partial charge in [0.2, 0.25) is 0 Å². The number of benzene rings is 2. The minimum Gasteiger partial charge on any atom is -0.495 e. The fourth-order valence-corrected chi connectivity index (χ4v) is 6.18. The van der Waals surface area contributed by atoms with Gasteiger partial charge in [-0.15, -0.1) is 0 Å². The first kappa shape index (κ1) is 33.3. The van der Waals surface area contributed by atoms with Crippen LogP contribution in [0.2, 0.25) is 25.7 Å². The number of pyridine rings is 1. The standard InChI is InChI=1S/C35H39F2N3O5Si/c1-22(26-19-44-20-26)12-27(41)13-23-14-29(36)34(30(37)15-23)45-32-8-9-39-35-33(32)28(18-40(35)21-43-10-11-46(3,4)5)24-6-7-31(42-2)25(16-24)17-38/h6-9,14-16,18,22,26H,10-13,19-21H2,1-5H3. The Morgan fingerprint density at radius 3 is 2.52 bits per heavy atom. The van der Waals surface area contributed by atoms with Crippen LogP contribution in [0.4, 0.5) is 8.78 Å². The molecule has 0 amide bonds. The van der Waals surface area contributed by atoms with E-state index in [4.69, 9.17) is 18.9 Å². The highest BCUT2D eigenvalue weighted by Gasteiger charge is 2.27. The number of methoxy groups -OCH3 is 1. The van der Waals surface area contributed by atoms with Crippen molar-refractivity contribution in [2.24, 2.45) is 11.8 Å². The minimum absolute atomic E-state index is 0.0745. The van der Waals surface area contributed by atoms with Crippen molar-refractivity contribution in [2.45, 2.75) is 52.2 Å². The van der Waals surface area contributed by atoms with Crippen LogP contribution in [-0.4, -0.2) is 50.3 Å². The molecule has 0 spiro atoms. The fourth-order valence-electron chi connectivity index (χ4n) is 5.42. The molecule has 0 saturated carbocycles. The summed E-state index contributed by atoms with van der Waals surface area (Å²) in [6.07, 6.45) is 3.59. The second-order valence-electron chi connectivity index (χ2n) is 13.1. The molecular weight excluding hydrogens is 608 g/mol. The normalized spacial score (nSPS) is 14.1. The summed E-state index contributed by atoms with van der Waals surface area (Å²) < 4.78 is 55.2. The van der Waals surface area contributed by atoms with Crippen molar-refractivity contribution in [1.82, 2.24) is 9.55 Å². The summed E-state index contributed by atoms with van der Waals surface area (Å²) in [6, 6.07) is 12.1. The number of Topliss-reactive ketones (excluding diaryl/α,β-unsaturated/α-hetero) is 1. The van der Waals surface area contributed by atoms with E-state index in [-0.39, 0.29) is 36.2 Å². The molecule has 8 nitrogen and oxygen atoms in total. The zero-order valence-electron chi connectivity index (χ0n) is 26.9. The monoisotopic (exact) mass is 647 g/mol. The average molecular weight is 648 g/mol. The smallest absolute Gasteiger partial charge is 0.198 e. The second-order valence-corrected chi connectivity index (χ2v) is 18.7. The Kier molecular flexibility index (Phi) is 10.2. The molecule has 0 radical (unpaired) electrons. The Balaban J connectivity index is 1.47. The number of halogens is 2. The van der Waals surface area contributed by atoms with Crippen molar-refractivity contribution in [1.29, 1.82) is 5.26 Å². The molecule has 0 aliphatic carbocycles. The van der Waals surface area contributed by atoms with Crippen LogP contribution in [0.5, 0.6) is 17.2 Å². The number of rotatable bonds is 14. The Hall–Kier alpha value is -4.11. The maximum atomic E-state index is 15.4. The van der Waals surface area contributed by atoms with Gasteiger partial charge in [0.15, 0.2) is 17.4 Å². The first-order valence-electron chi connectivity index (χ1n) is 15.4. The average Bonchev–Trinajstić information content (AvgIpc) is 3.34. The number of aromatic nitrogens is 2. The van der Waals surface area contributed by atoms with Crippen molar-refractivity contribution in [3.05, 3.63) is 71.6 Å². The molecule has 1 atom stereocenters. The first-order chi connectivity index (χ1) is 22.0. The second kappa shape index (κ2) is 14.1. The van der Waals surface area contributed by atoms with Crippen LogP contribution in [0, 0.1) is 34.8 Å². The number of hydrogen-bond acceptors (Lipinski definition) is 7. The van der Waals surface area contributed by atoms with Crippen molar-refractivity contribution in [3.63, 3.8) is 0 Å². The van der Waals surface area contributed by atoms with Crippen LogP contribution in [0.15, 0.2) is 48.8 Å². The SMILES string of the molecule is COc1ccc(-c2cn(COCC[Si](C)(C)C)c3nccc(Oc4c(F)cc(CC(=O)CC(C)C5COC5)cc4F)c23)cc1C#N. The zero-order valence-corrected chi connectivity index (χ0v) is 27.9. The molecule has 1 fully saturated rings. The lowest BCUT2D eigenvalue weighted by Gasteiger charge is -2.31. The van der Waals surface area contributed by atoms with E-state index in [0.717, 1.165) is 18.2 Å². The number of ether oxygens (including phenoxy) is 4. The Morgan fingerprint density at radius 1 is 1.15 bits per heavy atom. The highest BCUT2D eigenvalue weighted by molar-refractivity contribution is 6.76. The Morgan fingerprint density at radius 2 is 1.89 bits per heavy atom. The summed E-state index contributed by atoms with van der Waals surface area (Å²) in [7, 11) is 0.180. The van der Waals surface area contributed by atoms with Crippen LogP contribution in [0.25, 0.3) is 22.2 Å². The maximum absolute atomic E-state index is 15.4. The number of fused-ring (bicyclic) bond motifs is 1. The van der Waals surface area contributed by atoms with Gasteiger partial charge in [0.1, 0.15) is 35.7 Å². The lowest BCUT2D eigenvalue weighted by atomic mass is 9.87. The quantitative estimate of drug-likeness (QED) is 0.102. The highest BCUT2D eigenvalue weighted by Crippen LogP contribution is 2.40. The zero-order chi connectivity index (χ0) is 33.0. The third-order valence-electron chi connectivity index (χ3n) is 8.27. The van der Waals surface area contributed by atoms with Gasteiger partial charge in [0, 0.05) is 51.4 Å². The topological polar surface area (TPSA) is 95.6 Å². The van der Waals surface area contributed by atoms with Gasteiger partial charge in [0.05, 0.1) is 31.3 Å². The van der Waals surface area contributed by atoms with Gasteiger partial charge in [-0.1, -0.05) is 32.6 Å². The lowest BCUT2D eigenvalue weighted by molar-refractivity contribution is -0.121. The van der Waals surface area contributed by atoms with E-state index in [2.05, 4.69) is 30.7 Å². The van der Waals surface area contributed by atoms with Crippen molar-refractivity contribution in [2.75, 3.05) is 26.9 Å². The van der Waals surface area contributed by atoms with Crippen LogP contribution in [-0.2, 0) is 27.4 Å². The summed E-state index contributed by atoms with van der Waals surface area (Å²) in [5.41, 5.74) is 2.37. The first-order valence-corrected chi connectivity index (χ1v) is 19.1. The van der Waals surface area contributed by atoms with Crippen molar-refractivity contribution < 1.29 is 32.5 Å². The van der Waals surface area contributed by atoms with Crippen LogP contribution in [0.1, 0.15) is 24.5 Å². The molecule has 4 aromatic rings. The molecule has 1 saturated heterocycles. The summed E-state index contributed by atoms with van der Waals surface area (Å²) in [5, 5.41) is 10.2. The Labute approximate surface area is 268 Å². The number of carbonyl (C=O) groups excluding carboxylic acids is 1. The summed E-state index contributed by atoms with van der Waals surface area (Å²) >= 11 is 0. The molecule has 0 N–H and O–H groups in total. The number of ketones is 1. The van der Waals surface area contributed by atoms with E-state index in [1.54, 1.807) is 24.3 Å². The lowest BCUT2D eigenvalue weighted by Crippen LogP contribution is -2.34. The summed E-state index contributed by atoms with van der Waals surface area (Å²) in [4.78, 5) is 17.2. The molecule has 2 aromatic carbocycles. The predicted molar refractivity (Wildman–Crippen MR) is 174 cm³/mol. The Bertz CT molecular complexity index is 1750.